The maximum Gasteiger partial charge on any atom is 0.422 e. The highest BCUT2D eigenvalue weighted by molar-refractivity contribution is 5.89. The molecule has 214 valence electrons. The van der Waals surface area contributed by atoms with E-state index < -0.39 is 24.5 Å². The van der Waals surface area contributed by atoms with Gasteiger partial charge in [-0.05, 0) is 69.0 Å². The van der Waals surface area contributed by atoms with Crippen molar-refractivity contribution in [3.63, 3.8) is 0 Å². The van der Waals surface area contributed by atoms with Crippen molar-refractivity contribution in [2.75, 3.05) is 18.6 Å². The number of benzene rings is 2. The fourth-order valence-corrected chi connectivity index (χ4v) is 3.77. The highest BCUT2D eigenvalue weighted by atomic mass is 19.4. The van der Waals surface area contributed by atoms with Crippen molar-refractivity contribution in [1.82, 2.24) is 4.98 Å². The number of ether oxygens (including phenoxy) is 3. The molecule has 0 aliphatic rings. The van der Waals surface area contributed by atoms with E-state index >= 15 is 0 Å². The minimum atomic E-state index is -4.52. The highest BCUT2D eigenvalue weighted by Gasteiger charge is 2.30. The summed E-state index contributed by atoms with van der Waals surface area (Å²) in [5.41, 5.74) is 3.86. The summed E-state index contributed by atoms with van der Waals surface area (Å²) in [6.07, 6.45) is -3.60. The molecule has 0 radical (unpaired) electrons. The maximum absolute atomic E-state index is 13.4. The normalized spacial score (nSPS) is 11.0. The summed E-state index contributed by atoms with van der Waals surface area (Å²) in [4.78, 5) is 35.3. The predicted octanol–water partition coefficient (Wildman–Crippen LogP) is 6.67. The largest absolute Gasteiger partial charge is 0.491 e. The summed E-state index contributed by atoms with van der Waals surface area (Å²) in [6, 6.07) is 14.9. The zero-order valence-electron chi connectivity index (χ0n) is 23.1. The Labute approximate surface area is 230 Å². The monoisotopic (exact) mass is 560 g/mol. The van der Waals surface area contributed by atoms with E-state index in [1.54, 1.807) is 20.8 Å². The van der Waals surface area contributed by atoms with E-state index in [1.165, 1.54) is 24.3 Å². The number of nitrogens with zero attached hydrogens (tertiary/aromatic N) is 2. The molecule has 40 heavy (non-hydrogen) atoms. The number of rotatable bonds is 7. The molecule has 1 heterocycles. The minimum Gasteiger partial charge on any atom is -0.491 e. The van der Waals surface area contributed by atoms with E-state index in [2.05, 4.69) is 4.98 Å². The molecule has 3 rings (SSSR count). The van der Waals surface area contributed by atoms with E-state index in [-0.39, 0.29) is 29.9 Å². The number of methoxy groups -OCH3 is 1. The first-order chi connectivity index (χ1) is 18.7. The zero-order valence-corrected chi connectivity index (χ0v) is 23.1. The third-order valence-electron chi connectivity index (χ3n) is 5.29. The van der Waals surface area contributed by atoms with Crippen LogP contribution in [0.4, 0.5) is 23.7 Å². The number of aryl methyl sites for hydroxylation is 2. The summed E-state index contributed by atoms with van der Waals surface area (Å²) < 4.78 is 54.3. The van der Waals surface area contributed by atoms with Gasteiger partial charge in [-0.1, -0.05) is 30.3 Å². The molecule has 0 aliphatic heterocycles. The topological polar surface area (TPSA) is 95.0 Å². The number of anilines is 1. The number of hydrogen-bond acceptors (Lipinski definition) is 7. The van der Waals surface area contributed by atoms with Gasteiger partial charge >= 0.3 is 18.4 Å². The van der Waals surface area contributed by atoms with Crippen molar-refractivity contribution in [2.24, 2.45) is 0 Å². The van der Waals surface area contributed by atoms with Crippen molar-refractivity contribution < 1.29 is 41.8 Å². The molecule has 1 amide bonds. The summed E-state index contributed by atoms with van der Waals surface area (Å²) in [5, 5.41) is 0. The second-order valence-electron chi connectivity index (χ2n) is 9.71. The second kappa shape index (κ2) is 13.6. The molecular formula is C29H31F3N2O6. The number of amides is 1. The SMILES string of the molecule is COc1c(OCC(F)(F)F)ccnc1CN(C(=O)OC(C)(C)C)c1cc(C)cc(-c2ccccc2C)c1.O=C=O. The van der Waals surface area contributed by atoms with Crippen LogP contribution in [0.15, 0.2) is 54.7 Å². The molecule has 11 heteroatoms. The molecule has 0 saturated carbocycles. The first kappa shape index (κ1) is 31.8. The Balaban J connectivity index is 0.00000178. The lowest BCUT2D eigenvalue weighted by atomic mass is 9.98. The van der Waals surface area contributed by atoms with Gasteiger partial charge in [-0.25, -0.2) is 4.79 Å². The summed E-state index contributed by atoms with van der Waals surface area (Å²) >= 11 is 0. The molecule has 0 unspecified atom stereocenters. The first-order valence-corrected chi connectivity index (χ1v) is 12.1. The van der Waals surface area contributed by atoms with Crippen LogP contribution in [0, 0.1) is 13.8 Å². The van der Waals surface area contributed by atoms with Crippen molar-refractivity contribution in [3.05, 3.63) is 71.5 Å². The van der Waals surface area contributed by atoms with E-state index in [0.717, 1.165) is 22.3 Å². The number of carbonyl (C=O) groups excluding carboxylic acids is 3. The van der Waals surface area contributed by atoms with Gasteiger partial charge in [0.15, 0.2) is 18.1 Å². The number of pyridine rings is 1. The molecule has 8 nitrogen and oxygen atoms in total. The Bertz CT molecular complexity index is 1350. The lowest BCUT2D eigenvalue weighted by Crippen LogP contribution is -2.37. The minimum absolute atomic E-state index is 0.00656. The third-order valence-corrected chi connectivity index (χ3v) is 5.29. The van der Waals surface area contributed by atoms with Gasteiger partial charge < -0.3 is 14.2 Å². The Morgan fingerprint density at radius 2 is 1.68 bits per heavy atom. The van der Waals surface area contributed by atoms with E-state index in [4.69, 9.17) is 23.8 Å². The lowest BCUT2D eigenvalue weighted by molar-refractivity contribution is -0.191. The number of hydrogen-bond donors (Lipinski definition) is 0. The summed E-state index contributed by atoms with van der Waals surface area (Å²) in [5.74, 6) is -0.120. The van der Waals surface area contributed by atoms with Crippen LogP contribution < -0.4 is 14.4 Å². The van der Waals surface area contributed by atoms with Crippen LogP contribution in [0.3, 0.4) is 0 Å². The molecule has 0 fully saturated rings. The maximum atomic E-state index is 13.4. The zero-order chi connectivity index (χ0) is 30.1. The smallest absolute Gasteiger partial charge is 0.422 e. The number of alkyl halides is 3. The average Bonchev–Trinajstić information content (AvgIpc) is 2.84. The molecule has 0 aliphatic carbocycles. The van der Waals surface area contributed by atoms with Crippen molar-refractivity contribution in [1.29, 1.82) is 0 Å². The van der Waals surface area contributed by atoms with E-state index in [1.807, 2.05) is 56.3 Å². The molecular weight excluding hydrogens is 529 g/mol. The van der Waals surface area contributed by atoms with Gasteiger partial charge in [-0.3, -0.25) is 9.88 Å². The summed E-state index contributed by atoms with van der Waals surface area (Å²) in [6.45, 7) is 7.57. The second-order valence-corrected chi connectivity index (χ2v) is 9.71. The van der Waals surface area contributed by atoms with E-state index in [9.17, 15) is 18.0 Å². The summed E-state index contributed by atoms with van der Waals surface area (Å²) in [7, 11) is 1.31. The van der Waals surface area contributed by atoms with Gasteiger partial charge in [0.25, 0.3) is 0 Å². The van der Waals surface area contributed by atoms with E-state index in [0.29, 0.717) is 5.69 Å². The van der Waals surface area contributed by atoms with Gasteiger partial charge in [0.05, 0.1) is 13.7 Å². The number of aromatic nitrogens is 1. The van der Waals surface area contributed by atoms with Crippen LogP contribution >= 0.6 is 0 Å². The third kappa shape index (κ3) is 9.43. The highest BCUT2D eigenvalue weighted by Crippen LogP contribution is 2.35. The number of carbonyl (C=O) groups is 1. The Morgan fingerprint density at radius 3 is 2.25 bits per heavy atom. The fourth-order valence-electron chi connectivity index (χ4n) is 3.77. The fraction of sp³-hybridized carbons (Fsp3) is 0.345. The molecule has 0 N–H and O–H groups in total. The van der Waals surface area contributed by atoms with Crippen LogP contribution in [0.1, 0.15) is 37.6 Å². The standard InChI is InChI=1S/C28H31F3N2O4.CO2/c1-18-13-20(22-10-8-7-9-19(22)2)15-21(14-18)33(26(34)37-27(3,4)5)16-23-25(35-6)24(11-12-32-23)36-17-28(29,30)31;2-1-3/h7-15H,16-17H2,1-6H3;. The number of halogens is 3. The predicted molar refractivity (Wildman–Crippen MR) is 141 cm³/mol. The van der Waals surface area contributed by atoms with Crippen molar-refractivity contribution in [2.45, 2.75) is 52.9 Å². The molecule has 0 atom stereocenters. The van der Waals surface area contributed by atoms with Crippen LogP contribution in [0.25, 0.3) is 11.1 Å². The molecule has 2 aromatic carbocycles. The Hall–Kier alpha value is -4.37. The van der Waals surface area contributed by atoms with Gasteiger partial charge in [0, 0.05) is 18.0 Å². The van der Waals surface area contributed by atoms with Gasteiger partial charge in [0.1, 0.15) is 11.3 Å². The Kier molecular flexibility index (Phi) is 10.8. The molecule has 1 aromatic heterocycles. The van der Waals surface area contributed by atoms with Crippen molar-refractivity contribution >= 4 is 17.9 Å². The molecule has 0 spiro atoms. The van der Waals surface area contributed by atoms with Crippen LogP contribution in [-0.2, 0) is 20.9 Å². The first-order valence-electron chi connectivity index (χ1n) is 12.1. The molecule has 0 bridgehead atoms. The van der Waals surface area contributed by atoms with Crippen molar-refractivity contribution in [3.8, 4) is 22.6 Å². The Morgan fingerprint density at radius 1 is 1.02 bits per heavy atom. The quantitative estimate of drug-likeness (QED) is 0.318. The lowest BCUT2D eigenvalue weighted by Gasteiger charge is -2.28. The van der Waals surface area contributed by atoms with Gasteiger partial charge in [0.2, 0.25) is 0 Å². The molecule has 0 saturated heterocycles. The van der Waals surface area contributed by atoms with Gasteiger partial charge in [-0.2, -0.15) is 22.8 Å². The van der Waals surface area contributed by atoms with Gasteiger partial charge in [-0.15, -0.1) is 0 Å². The van der Waals surface area contributed by atoms with Crippen LogP contribution in [-0.4, -0.2) is 42.7 Å². The average molecular weight is 561 g/mol. The van der Waals surface area contributed by atoms with Crippen LogP contribution in [0.5, 0.6) is 11.5 Å². The molecule has 3 aromatic rings. The van der Waals surface area contributed by atoms with Crippen LogP contribution in [0.2, 0.25) is 0 Å².